The van der Waals surface area contributed by atoms with E-state index in [0.717, 1.165) is 22.8 Å². The molecule has 2 N–H and O–H groups in total. The number of hydrogen-bond donors (Lipinski definition) is 2. The maximum atomic E-state index is 13.5. The van der Waals surface area contributed by atoms with Gasteiger partial charge in [-0.1, -0.05) is 60.6 Å². The summed E-state index contributed by atoms with van der Waals surface area (Å²) in [5.41, 5.74) is 3.58. The molecule has 0 saturated heterocycles. The molecule has 0 saturated carbocycles. The highest BCUT2D eigenvalue weighted by Gasteiger charge is 2.40. The van der Waals surface area contributed by atoms with Crippen molar-refractivity contribution in [3.63, 3.8) is 0 Å². The molecule has 4 rings (SSSR count). The minimum absolute atomic E-state index is 0.0566. The van der Waals surface area contributed by atoms with E-state index in [4.69, 9.17) is 16.6 Å². The second-order valence-electron chi connectivity index (χ2n) is 8.32. The number of para-hydroxylation sites is 1. The van der Waals surface area contributed by atoms with E-state index in [1.165, 1.54) is 11.8 Å². The zero-order chi connectivity index (χ0) is 24.2. The second kappa shape index (κ2) is 10.5. The third-order valence-electron chi connectivity index (χ3n) is 5.82. The molecule has 2 heterocycles. The van der Waals surface area contributed by atoms with Crippen molar-refractivity contribution >= 4 is 46.0 Å². The molecule has 0 aliphatic carbocycles. The molecule has 2 aromatic carbocycles. The summed E-state index contributed by atoms with van der Waals surface area (Å²) in [6.45, 7) is 5.87. The van der Waals surface area contributed by atoms with Crippen LogP contribution >= 0.6 is 23.4 Å². The lowest BCUT2D eigenvalue weighted by Crippen LogP contribution is -2.39. The standard InChI is InChI=1S/C26H27ClN4O2S/c1-4-16(2)28-22(32)14-21-15-34-26-29-17(3)23(25(33)30-20-8-6-5-7-9-20)24(31(21)26)18-10-12-19(27)13-11-18/h5-13,15-16,24H,4,14H2,1-3H3,(H,28,32)(H,30,33)/t16-,24+/m1/s1. The van der Waals surface area contributed by atoms with E-state index in [2.05, 4.69) is 10.6 Å². The number of allylic oxidation sites excluding steroid dienone is 1. The molecule has 176 valence electrons. The van der Waals surface area contributed by atoms with Crippen LogP contribution in [0.4, 0.5) is 5.69 Å². The zero-order valence-corrected chi connectivity index (χ0v) is 20.9. The van der Waals surface area contributed by atoms with Crippen LogP contribution in [-0.4, -0.2) is 27.9 Å². The van der Waals surface area contributed by atoms with Crippen molar-refractivity contribution in [1.29, 1.82) is 0 Å². The Morgan fingerprint density at radius 2 is 1.85 bits per heavy atom. The van der Waals surface area contributed by atoms with Crippen LogP contribution in [0.25, 0.3) is 0 Å². The molecule has 0 fully saturated rings. The topological polar surface area (TPSA) is 73.8 Å². The first-order chi connectivity index (χ1) is 16.4. The first kappa shape index (κ1) is 24.1. The number of nitrogens with zero attached hydrogens (tertiary/aromatic N) is 2. The molecule has 6 nitrogen and oxygen atoms in total. The highest BCUT2D eigenvalue weighted by molar-refractivity contribution is 8.16. The summed E-state index contributed by atoms with van der Waals surface area (Å²) in [4.78, 5) is 33.0. The number of halogens is 1. The van der Waals surface area contributed by atoms with Gasteiger partial charge in [-0.05, 0) is 55.5 Å². The highest BCUT2D eigenvalue weighted by atomic mass is 35.5. The Kier molecular flexibility index (Phi) is 7.44. The van der Waals surface area contributed by atoms with Gasteiger partial charge >= 0.3 is 0 Å². The molecule has 2 aromatic rings. The number of anilines is 1. The smallest absolute Gasteiger partial charge is 0.255 e. The number of carbonyl (C=O) groups is 2. The SMILES string of the molecule is CC[C@@H](C)NC(=O)CC1=CSC2=NC(C)=C(C(=O)Nc3ccccc3)[C@H](c3ccc(Cl)cc3)N12. The summed E-state index contributed by atoms with van der Waals surface area (Å²) in [5.74, 6) is -0.286. The van der Waals surface area contributed by atoms with Gasteiger partial charge in [0.1, 0.15) is 0 Å². The lowest BCUT2D eigenvalue weighted by molar-refractivity contribution is -0.121. The fourth-order valence-corrected chi connectivity index (χ4v) is 5.02. The minimum Gasteiger partial charge on any atom is -0.353 e. The van der Waals surface area contributed by atoms with Crippen molar-refractivity contribution in [3.05, 3.63) is 87.6 Å². The highest BCUT2D eigenvalue weighted by Crippen LogP contribution is 2.44. The first-order valence-corrected chi connectivity index (χ1v) is 12.5. The molecule has 2 aliphatic rings. The van der Waals surface area contributed by atoms with Crippen molar-refractivity contribution in [1.82, 2.24) is 10.2 Å². The van der Waals surface area contributed by atoms with E-state index >= 15 is 0 Å². The molecule has 2 atom stereocenters. The number of amides is 2. The van der Waals surface area contributed by atoms with E-state index in [9.17, 15) is 9.59 Å². The van der Waals surface area contributed by atoms with Gasteiger partial charge in [0.25, 0.3) is 5.91 Å². The van der Waals surface area contributed by atoms with Gasteiger partial charge in [0.05, 0.1) is 23.7 Å². The third-order valence-corrected chi connectivity index (χ3v) is 6.96. The maximum Gasteiger partial charge on any atom is 0.255 e. The summed E-state index contributed by atoms with van der Waals surface area (Å²) in [6.07, 6.45) is 1.06. The molecular weight excluding hydrogens is 468 g/mol. The number of thioether (sulfide) groups is 1. The Morgan fingerprint density at radius 1 is 1.15 bits per heavy atom. The van der Waals surface area contributed by atoms with Crippen molar-refractivity contribution in [3.8, 4) is 0 Å². The van der Waals surface area contributed by atoms with Gasteiger partial charge in [0, 0.05) is 22.4 Å². The number of amidine groups is 1. The Hall–Kier alpha value is -3.03. The quantitative estimate of drug-likeness (QED) is 0.505. The number of carbonyl (C=O) groups excluding carboxylic acids is 2. The van der Waals surface area contributed by atoms with Gasteiger partial charge in [-0.2, -0.15) is 0 Å². The van der Waals surface area contributed by atoms with Crippen LogP contribution in [0.2, 0.25) is 5.02 Å². The van der Waals surface area contributed by atoms with Crippen molar-refractivity contribution in [2.24, 2.45) is 4.99 Å². The van der Waals surface area contributed by atoms with E-state index in [0.29, 0.717) is 22.0 Å². The molecule has 2 amide bonds. The van der Waals surface area contributed by atoms with Crippen LogP contribution in [-0.2, 0) is 9.59 Å². The van der Waals surface area contributed by atoms with Gasteiger partial charge in [0.15, 0.2) is 5.17 Å². The average Bonchev–Trinajstić information content (AvgIpc) is 3.20. The molecule has 0 bridgehead atoms. The number of hydrogen-bond acceptors (Lipinski definition) is 5. The van der Waals surface area contributed by atoms with Crippen LogP contribution in [0.5, 0.6) is 0 Å². The predicted molar refractivity (Wildman–Crippen MR) is 139 cm³/mol. The van der Waals surface area contributed by atoms with Gasteiger partial charge in [0.2, 0.25) is 5.91 Å². The summed E-state index contributed by atoms with van der Waals surface area (Å²) < 4.78 is 0. The number of fused-ring (bicyclic) bond motifs is 1. The lowest BCUT2D eigenvalue weighted by Gasteiger charge is -2.36. The number of benzene rings is 2. The number of nitrogens with one attached hydrogen (secondary N) is 2. The van der Waals surface area contributed by atoms with E-state index in [1.807, 2.05) is 85.7 Å². The first-order valence-electron chi connectivity index (χ1n) is 11.2. The minimum atomic E-state index is -0.439. The van der Waals surface area contributed by atoms with Crippen LogP contribution < -0.4 is 10.6 Å². The fourth-order valence-electron chi connectivity index (χ4n) is 3.93. The molecule has 0 radical (unpaired) electrons. The van der Waals surface area contributed by atoms with Crippen LogP contribution in [0.1, 0.15) is 45.2 Å². The lowest BCUT2D eigenvalue weighted by atomic mass is 9.93. The Labute approximate surface area is 209 Å². The molecule has 0 unspecified atom stereocenters. The monoisotopic (exact) mass is 494 g/mol. The van der Waals surface area contributed by atoms with E-state index in [-0.39, 0.29) is 24.3 Å². The molecule has 34 heavy (non-hydrogen) atoms. The van der Waals surface area contributed by atoms with Crippen molar-refractivity contribution < 1.29 is 9.59 Å². The molecule has 0 spiro atoms. The summed E-state index contributed by atoms with van der Waals surface area (Å²) >= 11 is 7.63. The van der Waals surface area contributed by atoms with Gasteiger partial charge in [-0.15, -0.1) is 0 Å². The van der Waals surface area contributed by atoms with Gasteiger partial charge < -0.3 is 15.5 Å². The second-order valence-corrected chi connectivity index (χ2v) is 9.59. The summed E-state index contributed by atoms with van der Waals surface area (Å²) in [6, 6.07) is 16.5. The van der Waals surface area contributed by atoms with E-state index in [1.54, 1.807) is 0 Å². The zero-order valence-electron chi connectivity index (χ0n) is 19.3. The average molecular weight is 495 g/mol. The summed E-state index contributed by atoms with van der Waals surface area (Å²) in [5, 5.41) is 9.34. The fraction of sp³-hybridized carbons (Fsp3) is 0.269. The van der Waals surface area contributed by atoms with Crippen molar-refractivity contribution in [2.45, 2.75) is 45.7 Å². The van der Waals surface area contributed by atoms with Crippen LogP contribution in [0.3, 0.4) is 0 Å². The van der Waals surface area contributed by atoms with E-state index < -0.39 is 6.04 Å². The van der Waals surface area contributed by atoms with Gasteiger partial charge in [-0.25, -0.2) is 4.99 Å². The third kappa shape index (κ3) is 5.21. The van der Waals surface area contributed by atoms with Gasteiger partial charge in [-0.3, -0.25) is 9.59 Å². The molecular formula is C26H27ClN4O2S. The Balaban J connectivity index is 1.70. The summed E-state index contributed by atoms with van der Waals surface area (Å²) in [7, 11) is 0. The molecule has 8 heteroatoms. The predicted octanol–water partition coefficient (Wildman–Crippen LogP) is 5.86. The van der Waals surface area contributed by atoms with Crippen LogP contribution in [0.15, 0.2) is 82.0 Å². The maximum absolute atomic E-state index is 13.5. The van der Waals surface area contributed by atoms with Crippen molar-refractivity contribution in [2.75, 3.05) is 5.32 Å². The normalized spacial score (nSPS) is 18.1. The van der Waals surface area contributed by atoms with Crippen LogP contribution in [0, 0.1) is 0 Å². The Bertz CT molecular complexity index is 1180. The molecule has 2 aliphatic heterocycles. The number of aliphatic imine (C=N–C) groups is 1. The largest absolute Gasteiger partial charge is 0.353 e. The number of rotatable bonds is 7. The molecule has 0 aromatic heterocycles. The Morgan fingerprint density at radius 3 is 2.53 bits per heavy atom.